The Labute approximate surface area is 119 Å². The number of hydrogen-bond donors (Lipinski definition) is 1. The van der Waals surface area contributed by atoms with Crippen molar-refractivity contribution in [1.29, 1.82) is 0 Å². The molecule has 0 spiro atoms. The molecule has 2 heterocycles. The van der Waals surface area contributed by atoms with Crippen LogP contribution in [0.3, 0.4) is 0 Å². The highest BCUT2D eigenvalue weighted by molar-refractivity contribution is 5.98. The van der Waals surface area contributed by atoms with Crippen molar-refractivity contribution in [3.63, 3.8) is 0 Å². The normalized spacial score (nSPS) is 11.3. The molecule has 0 atom stereocenters. The van der Waals surface area contributed by atoms with Crippen LogP contribution in [0.4, 0.5) is 4.39 Å². The van der Waals surface area contributed by atoms with E-state index >= 15 is 0 Å². The van der Waals surface area contributed by atoms with Crippen LogP contribution in [0.5, 0.6) is 5.75 Å². The topological polar surface area (TPSA) is 37.5 Å². The van der Waals surface area contributed by atoms with E-state index in [1.54, 1.807) is 42.9 Å². The van der Waals surface area contributed by atoms with E-state index in [2.05, 4.69) is 4.98 Å². The summed E-state index contributed by atoms with van der Waals surface area (Å²) in [6.07, 6.45) is 3.44. The Morgan fingerprint density at radius 3 is 2.71 bits per heavy atom. The van der Waals surface area contributed by atoms with Gasteiger partial charge in [0.25, 0.3) is 0 Å². The van der Waals surface area contributed by atoms with Crippen LogP contribution in [0.25, 0.3) is 27.5 Å². The van der Waals surface area contributed by atoms with Gasteiger partial charge in [-0.15, -0.1) is 0 Å². The number of aromatic nitrogens is 2. The predicted molar refractivity (Wildman–Crippen MR) is 79.8 cm³/mol. The number of nitrogens with zero attached hydrogens (tertiary/aromatic N) is 2. The highest BCUT2D eigenvalue weighted by atomic mass is 19.1. The van der Waals surface area contributed by atoms with Crippen molar-refractivity contribution < 1.29 is 9.50 Å². The summed E-state index contributed by atoms with van der Waals surface area (Å²) >= 11 is 0. The fourth-order valence-electron chi connectivity index (χ4n) is 2.69. The number of phenols is 1. The van der Waals surface area contributed by atoms with Gasteiger partial charge >= 0.3 is 0 Å². The summed E-state index contributed by atoms with van der Waals surface area (Å²) in [6, 6.07) is 13.6. The first-order chi connectivity index (χ1) is 10.2. The number of hydrogen-bond acceptors (Lipinski definition) is 2. The molecule has 102 valence electrons. The molecule has 0 saturated heterocycles. The molecule has 0 radical (unpaired) electrons. The SMILES string of the molecule is Oc1ccc2c(c1)c(-c1ccccc1F)cc1cncn12. The zero-order valence-corrected chi connectivity index (χ0v) is 11.0. The molecule has 21 heavy (non-hydrogen) atoms. The van der Waals surface area contributed by atoms with Gasteiger partial charge in [0.2, 0.25) is 0 Å². The Hall–Kier alpha value is -2.88. The number of phenolic OH excluding ortho intramolecular Hbond substituents is 1. The molecule has 0 saturated carbocycles. The Bertz CT molecular complexity index is 975. The average molecular weight is 278 g/mol. The summed E-state index contributed by atoms with van der Waals surface area (Å²) in [5, 5.41) is 10.6. The maximum atomic E-state index is 14.1. The van der Waals surface area contributed by atoms with Crippen molar-refractivity contribution in [1.82, 2.24) is 9.38 Å². The quantitative estimate of drug-likeness (QED) is 0.571. The zero-order chi connectivity index (χ0) is 14.4. The molecule has 4 heteroatoms. The maximum absolute atomic E-state index is 14.1. The first-order valence-corrected chi connectivity index (χ1v) is 6.57. The van der Waals surface area contributed by atoms with E-state index in [-0.39, 0.29) is 11.6 Å². The minimum atomic E-state index is -0.286. The van der Waals surface area contributed by atoms with E-state index in [1.165, 1.54) is 6.07 Å². The second-order valence-electron chi connectivity index (χ2n) is 4.93. The zero-order valence-electron chi connectivity index (χ0n) is 11.0. The van der Waals surface area contributed by atoms with Crippen LogP contribution in [0.2, 0.25) is 0 Å². The highest BCUT2D eigenvalue weighted by Gasteiger charge is 2.12. The van der Waals surface area contributed by atoms with Crippen molar-refractivity contribution in [3.05, 3.63) is 66.9 Å². The number of fused-ring (bicyclic) bond motifs is 3. The van der Waals surface area contributed by atoms with Crippen LogP contribution in [0, 0.1) is 5.82 Å². The van der Waals surface area contributed by atoms with Gasteiger partial charge in [-0.3, -0.25) is 4.40 Å². The number of aromatic hydroxyl groups is 1. The summed E-state index contributed by atoms with van der Waals surface area (Å²) < 4.78 is 16.1. The van der Waals surface area contributed by atoms with Crippen LogP contribution in [-0.2, 0) is 0 Å². The molecule has 0 amide bonds. The summed E-state index contributed by atoms with van der Waals surface area (Å²) in [5.41, 5.74) is 3.01. The highest BCUT2D eigenvalue weighted by Crippen LogP contribution is 2.33. The summed E-state index contributed by atoms with van der Waals surface area (Å²) in [7, 11) is 0. The number of imidazole rings is 1. The third-order valence-electron chi connectivity index (χ3n) is 3.65. The minimum absolute atomic E-state index is 0.152. The fourth-order valence-corrected chi connectivity index (χ4v) is 2.69. The van der Waals surface area contributed by atoms with E-state index < -0.39 is 0 Å². The van der Waals surface area contributed by atoms with Crippen molar-refractivity contribution in [2.45, 2.75) is 0 Å². The molecule has 2 aromatic carbocycles. The second kappa shape index (κ2) is 4.31. The Kier molecular flexibility index (Phi) is 2.44. The third kappa shape index (κ3) is 1.76. The summed E-state index contributed by atoms with van der Waals surface area (Å²) in [5.74, 6) is -0.134. The van der Waals surface area contributed by atoms with Gasteiger partial charge in [0, 0.05) is 10.9 Å². The molecule has 0 aliphatic rings. The summed E-state index contributed by atoms with van der Waals surface area (Å²) in [6.45, 7) is 0. The fraction of sp³-hybridized carbons (Fsp3) is 0. The van der Waals surface area contributed by atoms with Crippen LogP contribution in [0.15, 0.2) is 61.1 Å². The van der Waals surface area contributed by atoms with Crippen molar-refractivity contribution in [3.8, 4) is 16.9 Å². The molecule has 1 N–H and O–H groups in total. The van der Waals surface area contributed by atoms with Crippen LogP contribution >= 0.6 is 0 Å². The number of halogens is 1. The molecule has 3 nitrogen and oxygen atoms in total. The lowest BCUT2D eigenvalue weighted by Gasteiger charge is -2.11. The van der Waals surface area contributed by atoms with Gasteiger partial charge < -0.3 is 5.11 Å². The Balaban J connectivity index is 2.20. The largest absolute Gasteiger partial charge is 0.508 e. The van der Waals surface area contributed by atoms with Gasteiger partial charge in [-0.05, 0) is 35.9 Å². The van der Waals surface area contributed by atoms with Crippen LogP contribution < -0.4 is 0 Å². The first-order valence-electron chi connectivity index (χ1n) is 6.57. The Morgan fingerprint density at radius 1 is 1.00 bits per heavy atom. The van der Waals surface area contributed by atoms with Crippen molar-refractivity contribution in [2.75, 3.05) is 0 Å². The van der Waals surface area contributed by atoms with Gasteiger partial charge in [-0.1, -0.05) is 18.2 Å². The van der Waals surface area contributed by atoms with Gasteiger partial charge in [0.05, 0.1) is 23.6 Å². The molecule has 0 aliphatic carbocycles. The molecule has 0 bridgehead atoms. The van der Waals surface area contributed by atoms with Crippen molar-refractivity contribution in [2.24, 2.45) is 0 Å². The predicted octanol–water partition coefficient (Wildman–Crippen LogP) is 4.00. The van der Waals surface area contributed by atoms with E-state index in [0.29, 0.717) is 5.56 Å². The van der Waals surface area contributed by atoms with E-state index in [1.807, 2.05) is 16.5 Å². The number of benzene rings is 2. The van der Waals surface area contributed by atoms with Crippen LogP contribution in [-0.4, -0.2) is 14.5 Å². The Morgan fingerprint density at radius 2 is 1.86 bits per heavy atom. The van der Waals surface area contributed by atoms with Crippen molar-refractivity contribution >= 4 is 16.4 Å². The second-order valence-corrected chi connectivity index (χ2v) is 4.93. The standard InChI is InChI=1S/C17H11FN2O/c18-16-4-2-1-3-13(16)14-7-11-9-19-10-20(11)17-6-5-12(21)8-15(14)17/h1-10,21H. The molecular formula is C17H11FN2O. The lowest BCUT2D eigenvalue weighted by atomic mass is 10.00. The third-order valence-corrected chi connectivity index (χ3v) is 3.65. The van der Waals surface area contributed by atoms with Gasteiger partial charge in [-0.2, -0.15) is 0 Å². The lowest BCUT2D eigenvalue weighted by molar-refractivity contribution is 0.476. The molecule has 4 aromatic rings. The minimum Gasteiger partial charge on any atom is -0.508 e. The summed E-state index contributed by atoms with van der Waals surface area (Å²) in [4.78, 5) is 4.14. The number of rotatable bonds is 1. The molecule has 0 unspecified atom stereocenters. The number of pyridine rings is 1. The van der Waals surface area contributed by atoms with Gasteiger partial charge in [0.1, 0.15) is 11.6 Å². The monoisotopic (exact) mass is 278 g/mol. The van der Waals surface area contributed by atoms with Gasteiger partial charge in [0.15, 0.2) is 0 Å². The molecule has 2 aromatic heterocycles. The van der Waals surface area contributed by atoms with E-state index in [4.69, 9.17) is 0 Å². The van der Waals surface area contributed by atoms with E-state index in [9.17, 15) is 9.50 Å². The van der Waals surface area contributed by atoms with E-state index in [0.717, 1.165) is 22.0 Å². The average Bonchev–Trinajstić information content (AvgIpc) is 2.95. The lowest BCUT2D eigenvalue weighted by Crippen LogP contribution is -1.91. The maximum Gasteiger partial charge on any atom is 0.131 e. The van der Waals surface area contributed by atoms with Crippen LogP contribution in [0.1, 0.15) is 0 Å². The molecular weight excluding hydrogens is 267 g/mol. The molecule has 4 rings (SSSR count). The smallest absolute Gasteiger partial charge is 0.131 e. The first kappa shape index (κ1) is 11.9. The van der Waals surface area contributed by atoms with Gasteiger partial charge in [-0.25, -0.2) is 9.37 Å². The molecule has 0 aliphatic heterocycles. The molecule has 0 fully saturated rings.